The second-order valence-corrected chi connectivity index (χ2v) is 6.67. The van der Waals surface area contributed by atoms with Crippen LogP contribution >= 0.6 is 0 Å². The zero-order chi connectivity index (χ0) is 20.5. The molecule has 2 aromatic carbocycles. The SMILES string of the molecule is CCN(CC)c1cc(C)cc(C(COC(C)=O)Nc2ccc(C=NN)cc2)c1. The van der Waals surface area contributed by atoms with E-state index in [-0.39, 0.29) is 18.6 Å². The van der Waals surface area contributed by atoms with Crippen molar-refractivity contribution in [2.75, 3.05) is 29.9 Å². The maximum absolute atomic E-state index is 11.4. The number of nitrogens with zero attached hydrogens (tertiary/aromatic N) is 2. The third-order valence-electron chi connectivity index (χ3n) is 4.54. The lowest BCUT2D eigenvalue weighted by Crippen LogP contribution is -2.23. The molecule has 150 valence electrons. The van der Waals surface area contributed by atoms with Crippen molar-refractivity contribution < 1.29 is 9.53 Å². The van der Waals surface area contributed by atoms with Gasteiger partial charge in [-0.15, -0.1) is 0 Å². The number of carbonyl (C=O) groups excluding carboxylic acids is 1. The molecule has 6 heteroatoms. The molecule has 0 radical (unpaired) electrons. The number of anilines is 2. The zero-order valence-electron chi connectivity index (χ0n) is 17.1. The van der Waals surface area contributed by atoms with Gasteiger partial charge in [-0.1, -0.05) is 18.2 Å². The van der Waals surface area contributed by atoms with Crippen molar-refractivity contribution in [3.05, 3.63) is 59.2 Å². The Bertz CT molecular complexity index is 799. The van der Waals surface area contributed by atoms with E-state index in [1.165, 1.54) is 18.2 Å². The first-order valence-electron chi connectivity index (χ1n) is 9.56. The number of rotatable bonds is 9. The Balaban J connectivity index is 2.32. The molecule has 0 fully saturated rings. The van der Waals surface area contributed by atoms with Crippen LogP contribution in [-0.4, -0.2) is 31.9 Å². The van der Waals surface area contributed by atoms with Crippen LogP contribution in [0, 0.1) is 6.92 Å². The molecule has 2 rings (SSSR count). The van der Waals surface area contributed by atoms with E-state index in [1.807, 2.05) is 24.3 Å². The Morgan fingerprint density at radius 1 is 1.21 bits per heavy atom. The first-order valence-corrected chi connectivity index (χ1v) is 9.56. The highest BCUT2D eigenvalue weighted by Crippen LogP contribution is 2.26. The maximum Gasteiger partial charge on any atom is 0.302 e. The highest BCUT2D eigenvalue weighted by atomic mass is 16.5. The second kappa shape index (κ2) is 10.3. The first-order chi connectivity index (χ1) is 13.5. The van der Waals surface area contributed by atoms with Crippen molar-refractivity contribution in [2.24, 2.45) is 10.9 Å². The smallest absolute Gasteiger partial charge is 0.302 e. The van der Waals surface area contributed by atoms with Gasteiger partial charge in [0.2, 0.25) is 0 Å². The summed E-state index contributed by atoms with van der Waals surface area (Å²) in [6, 6.07) is 14.1. The van der Waals surface area contributed by atoms with Crippen molar-refractivity contribution >= 4 is 23.6 Å². The quantitative estimate of drug-likeness (QED) is 0.298. The van der Waals surface area contributed by atoms with Crippen LogP contribution < -0.4 is 16.1 Å². The van der Waals surface area contributed by atoms with E-state index >= 15 is 0 Å². The van der Waals surface area contributed by atoms with E-state index in [9.17, 15) is 4.79 Å². The van der Waals surface area contributed by atoms with E-state index in [4.69, 9.17) is 10.6 Å². The average molecular weight is 383 g/mol. The molecule has 0 bridgehead atoms. The van der Waals surface area contributed by atoms with Crippen molar-refractivity contribution in [2.45, 2.75) is 33.7 Å². The molecule has 0 aromatic heterocycles. The lowest BCUT2D eigenvalue weighted by molar-refractivity contribution is -0.141. The molecule has 2 aromatic rings. The number of nitrogens with two attached hydrogens (primary N) is 1. The van der Waals surface area contributed by atoms with Crippen LogP contribution in [0.5, 0.6) is 0 Å². The fourth-order valence-corrected chi connectivity index (χ4v) is 3.14. The fourth-order valence-electron chi connectivity index (χ4n) is 3.14. The molecular weight excluding hydrogens is 352 g/mol. The van der Waals surface area contributed by atoms with Gasteiger partial charge in [0.05, 0.1) is 12.3 Å². The summed E-state index contributed by atoms with van der Waals surface area (Å²) in [7, 11) is 0. The Labute approximate surface area is 167 Å². The van der Waals surface area contributed by atoms with Crippen LogP contribution in [0.2, 0.25) is 0 Å². The van der Waals surface area contributed by atoms with Gasteiger partial charge in [0.1, 0.15) is 6.61 Å². The van der Waals surface area contributed by atoms with Gasteiger partial charge in [0.15, 0.2) is 0 Å². The van der Waals surface area contributed by atoms with Crippen LogP contribution in [0.1, 0.15) is 43.5 Å². The van der Waals surface area contributed by atoms with Gasteiger partial charge in [-0.3, -0.25) is 4.79 Å². The number of esters is 1. The predicted octanol–water partition coefficient (Wildman–Crippen LogP) is 3.85. The van der Waals surface area contributed by atoms with Crippen molar-refractivity contribution in [3.8, 4) is 0 Å². The monoisotopic (exact) mass is 382 g/mol. The largest absolute Gasteiger partial charge is 0.463 e. The first kappa shape index (κ1) is 21.3. The number of ether oxygens (including phenoxy) is 1. The van der Waals surface area contributed by atoms with E-state index < -0.39 is 0 Å². The van der Waals surface area contributed by atoms with Gasteiger partial charge in [-0.05, 0) is 61.7 Å². The minimum absolute atomic E-state index is 0.160. The lowest BCUT2D eigenvalue weighted by atomic mass is 10.0. The highest BCUT2D eigenvalue weighted by molar-refractivity contribution is 5.80. The Morgan fingerprint density at radius 2 is 1.89 bits per heavy atom. The summed E-state index contributed by atoms with van der Waals surface area (Å²) in [5.74, 6) is 4.91. The predicted molar refractivity (Wildman–Crippen MR) is 116 cm³/mol. The normalized spacial score (nSPS) is 12.0. The molecule has 0 aliphatic heterocycles. The molecule has 1 atom stereocenters. The Kier molecular flexibility index (Phi) is 7.87. The van der Waals surface area contributed by atoms with Gasteiger partial charge in [-0.25, -0.2) is 0 Å². The van der Waals surface area contributed by atoms with E-state index in [1.54, 1.807) is 6.21 Å². The molecule has 0 spiro atoms. The van der Waals surface area contributed by atoms with Crippen LogP contribution in [-0.2, 0) is 9.53 Å². The molecule has 0 saturated carbocycles. The van der Waals surface area contributed by atoms with E-state index in [0.717, 1.165) is 29.9 Å². The van der Waals surface area contributed by atoms with Gasteiger partial charge in [0.25, 0.3) is 0 Å². The van der Waals surface area contributed by atoms with Crippen LogP contribution in [0.15, 0.2) is 47.6 Å². The molecule has 0 saturated heterocycles. The van der Waals surface area contributed by atoms with Crippen LogP contribution in [0.4, 0.5) is 11.4 Å². The van der Waals surface area contributed by atoms with Gasteiger partial charge >= 0.3 is 5.97 Å². The summed E-state index contributed by atoms with van der Waals surface area (Å²) < 4.78 is 5.33. The summed E-state index contributed by atoms with van der Waals surface area (Å²) in [6.45, 7) is 9.92. The Morgan fingerprint density at radius 3 is 2.46 bits per heavy atom. The maximum atomic E-state index is 11.4. The summed E-state index contributed by atoms with van der Waals surface area (Å²) in [5, 5.41) is 7.02. The van der Waals surface area contributed by atoms with E-state index in [0.29, 0.717) is 0 Å². The summed E-state index contributed by atoms with van der Waals surface area (Å²) in [4.78, 5) is 13.7. The average Bonchev–Trinajstić information content (AvgIpc) is 2.67. The van der Waals surface area contributed by atoms with Gasteiger partial charge in [0, 0.05) is 31.4 Å². The molecule has 28 heavy (non-hydrogen) atoms. The standard InChI is InChI=1S/C22H30N4O2/c1-5-26(6-2)21-12-16(3)11-19(13-21)22(15-28-17(4)27)25-20-9-7-18(8-10-20)14-24-23/h7-14,22,25H,5-6,15,23H2,1-4H3. The van der Waals surface area contributed by atoms with Crippen LogP contribution in [0.3, 0.4) is 0 Å². The van der Waals surface area contributed by atoms with Crippen LogP contribution in [0.25, 0.3) is 0 Å². The Hall–Kier alpha value is -3.02. The zero-order valence-corrected chi connectivity index (χ0v) is 17.1. The number of hydrogen-bond acceptors (Lipinski definition) is 6. The van der Waals surface area contributed by atoms with Crippen molar-refractivity contribution in [1.82, 2.24) is 0 Å². The number of carbonyl (C=O) groups is 1. The topological polar surface area (TPSA) is 80.0 Å². The molecule has 6 nitrogen and oxygen atoms in total. The third kappa shape index (κ3) is 6.01. The summed E-state index contributed by atoms with van der Waals surface area (Å²) in [5.41, 5.74) is 5.27. The number of nitrogens with one attached hydrogen (secondary N) is 1. The second-order valence-electron chi connectivity index (χ2n) is 6.67. The minimum Gasteiger partial charge on any atom is -0.463 e. The van der Waals surface area contributed by atoms with Crippen molar-refractivity contribution in [3.63, 3.8) is 0 Å². The molecule has 1 unspecified atom stereocenters. The van der Waals surface area contributed by atoms with Gasteiger partial charge in [-0.2, -0.15) is 5.10 Å². The molecule has 0 heterocycles. The van der Waals surface area contributed by atoms with Gasteiger partial charge < -0.3 is 20.8 Å². The number of benzene rings is 2. The number of aryl methyl sites for hydroxylation is 1. The molecule has 0 amide bonds. The fraction of sp³-hybridized carbons (Fsp3) is 0.364. The highest BCUT2D eigenvalue weighted by Gasteiger charge is 2.16. The number of hydrogen-bond donors (Lipinski definition) is 2. The third-order valence-corrected chi connectivity index (χ3v) is 4.54. The molecular formula is C22H30N4O2. The summed E-state index contributed by atoms with van der Waals surface area (Å²) >= 11 is 0. The molecule has 3 N–H and O–H groups in total. The minimum atomic E-state index is -0.294. The lowest BCUT2D eigenvalue weighted by Gasteiger charge is -2.25. The molecule has 0 aliphatic carbocycles. The number of hydrazone groups is 1. The van der Waals surface area contributed by atoms with E-state index in [2.05, 4.69) is 54.3 Å². The van der Waals surface area contributed by atoms with Crippen molar-refractivity contribution in [1.29, 1.82) is 0 Å². The molecule has 0 aliphatic rings. The summed E-state index contributed by atoms with van der Waals surface area (Å²) in [6.07, 6.45) is 1.59.